The molecular formula is C33H47F6NO4S. The van der Waals surface area contributed by atoms with Crippen LogP contribution in [-0.2, 0) is 16.3 Å². The Bertz CT molecular complexity index is 1290. The highest BCUT2D eigenvalue weighted by Gasteiger charge is 2.57. The predicted molar refractivity (Wildman–Crippen MR) is 160 cm³/mol. The zero-order chi connectivity index (χ0) is 32.8. The Hall–Kier alpha value is -1.53. The van der Waals surface area contributed by atoms with E-state index in [9.17, 15) is 40.6 Å². The molecule has 1 unspecified atom stereocenters. The Morgan fingerprint density at radius 2 is 1.84 bits per heavy atom. The molecule has 1 heterocycles. The van der Waals surface area contributed by atoms with Crippen molar-refractivity contribution in [2.45, 2.75) is 120 Å². The van der Waals surface area contributed by atoms with Gasteiger partial charge >= 0.3 is 12.1 Å². The van der Waals surface area contributed by atoms with Gasteiger partial charge in [0.15, 0.2) is 9.84 Å². The molecule has 3 aliphatic carbocycles. The van der Waals surface area contributed by atoms with Gasteiger partial charge in [-0.25, -0.2) is 12.8 Å². The highest BCUT2D eigenvalue weighted by molar-refractivity contribution is 7.91. The van der Waals surface area contributed by atoms with E-state index in [1.54, 1.807) is 6.07 Å². The summed E-state index contributed by atoms with van der Waals surface area (Å²) in [5, 5.41) is 21.0. The molecule has 2 N–H and O–H groups in total. The molecule has 5 nitrogen and oxygen atoms in total. The van der Waals surface area contributed by atoms with Crippen LogP contribution in [0.1, 0.15) is 94.6 Å². The van der Waals surface area contributed by atoms with E-state index in [2.05, 4.69) is 6.92 Å². The lowest BCUT2D eigenvalue weighted by atomic mass is 9.52. The standard InChI is InChI=1S/C33H47F6NO4S/c1-31-13-11-27-26-8-7-25(41)19-21(26)17-22(30(27)28(31)9-10-29(31)42)18-23(34)5-2-14-40-15-3-6-24(40)20-45(43,44)16-4-12-32(35,36)33(37,38)39/h7-8,19,22-24,27-30,41-42H,2-6,9-18,20H2,1H3/t22-,23?,24-,27+,28-,29-,30+,31-/m0/s1. The highest BCUT2D eigenvalue weighted by Crippen LogP contribution is 2.62. The molecule has 3 fully saturated rings. The third-order valence-corrected chi connectivity index (χ3v) is 13.5. The second kappa shape index (κ2) is 13.2. The number of halogens is 6. The van der Waals surface area contributed by atoms with E-state index < -0.39 is 46.7 Å². The topological polar surface area (TPSA) is 77.8 Å². The number of sulfone groups is 1. The van der Waals surface area contributed by atoms with Gasteiger partial charge in [-0.1, -0.05) is 13.0 Å². The van der Waals surface area contributed by atoms with Crippen molar-refractivity contribution >= 4 is 9.84 Å². The molecular weight excluding hydrogens is 620 g/mol. The molecule has 0 spiro atoms. The fourth-order valence-corrected chi connectivity index (χ4v) is 11.1. The summed E-state index contributed by atoms with van der Waals surface area (Å²) in [7, 11) is -3.83. The van der Waals surface area contributed by atoms with Crippen molar-refractivity contribution in [3.05, 3.63) is 29.3 Å². The monoisotopic (exact) mass is 667 g/mol. The maximum atomic E-state index is 15.7. The van der Waals surface area contributed by atoms with Gasteiger partial charge in [0, 0.05) is 12.5 Å². The van der Waals surface area contributed by atoms with Gasteiger partial charge in [0.25, 0.3) is 0 Å². The van der Waals surface area contributed by atoms with Crippen LogP contribution in [0.4, 0.5) is 26.3 Å². The van der Waals surface area contributed by atoms with Crippen LogP contribution >= 0.6 is 0 Å². The second-order valence-electron chi connectivity index (χ2n) is 14.5. The first kappa shape index (κ1) is 34.8. The zero-order valence-electron chi connectivity index (χ0n) is 25.9. The molecule has 2 saturated carbocycles. The average molecular weight is 668 g/mol. The summed E-state index contributed by atoms with van der Waals surface area (Å²) in [5.74, 6) is -4.78. The Kier molecular flexibility index (Phi) is 10.2. The Morgan fingerprint density at radius 3 is 2.58 bits per heavy atom. The zero-order valence-corrected chi connectivity index (χ0v) is 26.7. The molecule has 0 radical (unpaired) electrons. The maximum Gasteiger partial charge on any atom is 0.453 e. The van der Waals surface area contributed by atoms with Gasteiger partial charge in [-0.05, 0) is 136 Å². The largest absolute Gasteiger partial charge is 0.508 e. The first-order valence-electron chi connectivity index (χ1n) is 16.5. The van der Waals surface area contributed by atoms with Gasteiger partial charge < -0.3 is 10.2 Å². The molecule has 8 atom stereocenters. The van der Waals surface area contributed by atoms with Gasteiger partial charge in [-0.2, -0.15) is 22.0 Å². The second-order valence-corrected chi connectivity index (χ2v) is 16.7. The summed E-state index contributed by atoms with van der Waals surface area (Å²) >= 11 is 0. The van der Waals surface area contributed by atoms with E-state index in [1.807, 2.05) is 17.0 Å². The van der Waals surface area contributed by atoms with Gasteiger partial charge in [0.2, 0.25) is 0 Å². The van der Waals surface area contributed by atoms with Gasteiger partial charge in [-0.15, -0.1) is 0 Å². The van der Waals surface area contributed by atoms with Crippen LogP contribution in [0.5, 0.6) is 5.75 Å². The van der Waals surface area contributed by atoms with E-state index in [0.29, 0.717) is 51.1 Å². The number of likely N-dealkylation sites (tertiary alicyclic amines) is 1. The van der Waals surface area contributed by atoms with E-state index >= 15 is 4.39 Å². The van der Waals surface area contributed by atoms with Crippen molar-refractivity contribution < 1.29 is 45.0 Å². The number of hydrogen-bond donors (Lipinski definition) is 2. The van der Waals surface area contributed by atoms with Crippen LogP contribution in [0.25, 0.3) is 0 Å². The fourth-order valence-electron chi connectivity index (χ4n) is 9.35. The molecule has 0 aromatic heterocycles. The van der Waals surface area contributed by atoms with Crippen LogP contribution in [0.3, 0.4) is 0 Å². The summed E-state index contributed by atoms with van der Waals surface area (Å²) in [6, 6.07) is 5.21. The lowest BCUT2D eigenvalue weighted by molar-refractivity contribution is -0.284. The smallest absolute Gasteiger partial charge is 0.453 e. The normalized spacial score (nSPS) is 33.1. The summed E-state index contributed by atoms with van der Waals surface area (Å²) < 4.78 is 105. The molecule has 1 aliphatic heterocycles. The molecule has 1 aromatic carbocycles. The van der Waals surface area contributed by atoms with Crippen molar-refractivity contribution in [2.75, 3.05) is 24.6 Å². The number of nitrogens with zero attached hydrogens (tertiary/aromatic N) is 1. The Balaban J connectivity index is 1.15. The molecule has 1 saturated heterocycles. The van der Waals surface area contributed by atoms with Crippen molar-refractivity contribution in [3.8, 4) is 5.75 Å². The van der Waals surface area contributed by atoms with Gasteiger partial charge in [0.05, 0.1) is 17.6 Å². The number of aromatic hydroxyl groups is 1. The van der Waals surface area contributed by atoms with Crippen LogP contribution in [0.2, 0.25) is 0 Å². The average Bonchev–Trinajstić information content (AvgIpc) is 3.49. The quantitative estimate of drug-likeness (QED) is 0.231. The molecule has 256 valence electrons. The third-order valence-electron chi connectivity index (χ3n) is 11.7. The molecule has 12 heteroatoms. The van der Waals surface area contributed by atoms with Crippen LogP contribution in [0, 0.1) is 23.2 Å². The summed E-state index contributed by atoms with van der Waals surface area (Å²) in [4.78, 5) is 1.98. The first-order valence-corrected chi connectivity index (χ1v) is 18.4. The fraction of sp³-hybridized carbons (Fsp3) is 0.818. The number of benzene rings is 1. The number of phenolic OH excluding ortho intramolecular Hbond substituents is 1. The van der Waals surface area contributed by atoms with Crippen molar-refractivity contribution in [3.63, 3.8) is 0 Å². The van der Waals surface area contributed by atoms with Crippen LogP contribution in [-0.4, -0.2) is 78.5 Å². The highest BCUT2D eigenvalue weighted by atomic mass is 32.2. The third kappa shape index (κ3) is 7.47. The number of aliphatic hydroxyl groups excluding tert-OH is 1. The van der Waals surface area contributed by atoms with Gasteiger partial charge in [0.1, 0.15) is 11.9 Å². The first-order chi connectivity index (χ1) is 21.0. The number of hydrogen-bond acceptors (Lipinski definition) is 5. The molecule has 45 heavy (non-hydrogen) atoms. The number of aliphatic hydroxyl groups is 1. The van der Waals surface area contributed by atoms with E-state index in [1.165, 1.54) is 5.56 Å². The summed E-state index contributed by atoms with van der Waals surface area (Å²) in [6.07, 6.45) is -2.62. The Morgan fingerprint density at radius 1 is 1.09 bits per heavy atom. The maximum absolute atomic E-state index is 15.7. The van der Waals surface area contributed by atoms with Crippen LogP contribution in [0.15, 0.2) is 18.2 Å². The minimum atomic E-state index is -5.70. The molecule has 0 amide bonds. The molecule has 4 aliphatic rings. The minimum Gasteiger partial charge on any atom is -0.508 e. The number of rotatable bonds is 12. The van der Waals surface area contributed by atoms with Crippen molar-refractivity contribution in [2.24, 2.45) is 23.2 Å². The lowest BCUT2D eigenvalue weighted by Gasteiger charge is -2.53. The number of alkyl halides is 6. The van der Waals surface area contributed by atoms with E-state index in [0.717, 1.165) is 37.7 Å². The van der Waals surface area contributed by atoms with Crippen molar-refractivity contribution in [1.29, 1.82) is 0 Å². The van der Waals surface area contributed by atoms with Gasteiger partial charge in [-0.3, -0.25) is 4.90 Å². The number of phenols is 1. The van der Waals surface area contributed by atoms with E-state index in [-0.39, 0.29) is 46.8 Å². The number of fused-ring (bicyclic) bond motifs is 5. The molecule has 1 aromatic rings. The summed E-state index contributed by atoms with van der Waals surface area (Å²) in [5.41, 5.74) is 2.17. The minimum absolute atomic E-state index is 0.0867. The van der Waals surface area contributed by atoms with Crippen molar-refractivity contribution in [1.82, 2.24) is 4.90 Å². The van der Waals surface area contributed by atoms with E-state index in [4.69, 9.17) is 0 Å². The lowest BCUT2D eigenvalue weighted by Crippen LogP contribution is -2.47. The predicted octanol–water partition coefficient (Wildman–Crippen LogP) is 7.20. The molecule has 0 bridgehead atoms. The summed E-state index contributed by atoms with van der Waals surface area (Å²) in [6.45, 7) is 3.32. The SMILES string of the molecule is C[C@]12CC[C@@H]3c4ccc(O)cc4C[C@@H](CC(F)CCCN4CCC[C@H]4CS(=O)(=O)CCCC(F)(F)C(F)(F)F)[C@H]3[C@@H]1CC[C@@H]2O. The Labute approximate surface area is 262 Å². The van der Waals surface area contributed by atoms with Crippen LogP contribution < -0.4 is 0 Å². The molecule has 5 rings (SSSR count).